The van der Waals surface area contributed by atoms with Gasteiger partial charge in [0.05, 0.1) is 6.61 Å². The molecule has 0 unspecified atom stereocenters. The standard InChI is InChI=1S/C14H20O3/c1-10(8-15)13-4-6-14(7-5-13)11(2)9-17-12(3)16/h4-7,10-11,15H,8-9H2,1-3H3/t10-,11+/m1/s1. The molecule has 0 radical (unpaired) electrons. The lowest BCUT2D eigenvalue weighted by atomic mass is 9.96. The lowest BCUT2D eigenvalue weighted by Crippen LogP contribution is -2.08. The van der Waals surface area contributed by atoms with Crippen molar-refractivity contribution in [1.29, 1.82) is 0 Å². The van der Waals surface area contributed by atoms with Crippen molar-refractivity contribution in [2.45, 2.75) is 32.6 Å². The Kier molecular flexibility index (Phi) is 5.16. The van der Waals surface area contributed by atoms with Crippen molar-refractivity contribution in [3.63, 3.8) is 0 Å². The van der Waals surface area contributed by atoms with Crippen molar-refractivity contribution >= 4 is 5.97 Å². The Bertz CT molecular complexity index is 356. The van der Waals surface area contributed by atoms with Crippen LogP contribution < -0.4 is 0 Å². The first-order chi connectivity index (χ1) is 8.04. The molecule has 1 aromatic rings. The summed E-state index contributed by atoms with van der Waals surface area (Å²) in [6.07, 6.45) is 0. The molecule has 0 saturated heterocycles. The number of esters is 1. The molecule has 0 spiro atoms. The highest BCUT2D eigenvalue weighted by molar-refractivity contribution is 5.65. The first-order valence-electron chi connectivity index (χ1n) is 5.88. The third-order valence-corrected chi connectivity index (χ3v) is 2.88. The fourth-order valence-corrected chi connectivity index (χ4v) is 1.60. The normalized spacial score (nSPS) is 14.1. The summed E-state index contributed by atoms with van der Waals surface area (Å²) in [6, 6.07) is 8.08. The van der Waals surface area contributed by atoms with E-state index in [0.29, 0.717) is 6.61 Å². The molecule has 0 bridgehead atoms. The molecule has 0 heterocycles. The Morgan fingerprint density at radius 2 is 1.65 bits per heavy atom. The number of benzene rings is 1. The van der Waals surface area contributed by atoms with Gasteiger partial charge in [-0.25, -0.2) is 0 Å². The van der Waals surface area contributed by atoms with E-state index in [1.807, 2.05) is 38.1 Å². The van der Waals surface area contributed by atoms with Crippen LogP contribution in [0.2, 0.25) is 0 Å². The van der Waals surface area contributed by atoms with E-state index in [9.17, 15) is 4.79 Å². The van der Waals surface area contributed by atoms with Crippen molar-refractivity contribution in [3.8, 4) is 0 Å². The molecule has 3 nitrogen and oxygen atoms in total. The predicted octanol–water partition coefficient (Wildman–Crippen LogP) is 2.45. The van der Waals surface area contributed by atoms with E-state index in [1.165, 1.54) is 6.92 Å². The molecule has 0 saturated carbocycles. The molecule has 2 atom stereocenters. The molecular formula is C14H20O3. The van der Waals surface area contributed by atoms with E-state index in [2.05, 4.69) is 0 Å². The molecule has 1 N–H and O–H groups in total. The number of rotatable bonds is 5. The van der Waals surface area contributed by atoms with E-state index in [4.69, 9.17) is 9.84 Å². The molecule has 0 aromatic heterocycles. The van der Waals surface area contributed by atoms with Crippen LogP contribution in [0, 0.1) is 0 Å². The minimum Gasteiger partial charge on any atom is -0.465 e. The number of hydrogen-bond donors (Lipinski definition) is 1. The minimum atomic E-state index is -0.248. The van der Waals surface area contributed by atoms with Gasteiger partial charge in [-0.1, -0.05) is 38.1 Å². The third kappa shape index (κ3) is 4.19. The van der Waals surface area contributed by atoms with E-state index < -0.39 is 0 Å². The van der Waals surface area contributed by atoms with Gasteiger partial charge in [-0.15, -0.1) is 0 Å². The molecule has 0 aliphatic heterocycles. The highest BCUT2D eigenvalue weighted by Crippen LogP contribution is 2.20. The summed E-state index contributed by atoms with van der Waals surface area (Å²) in [7, 11) is 0. The van der Waals surface area contributed by atoms with Crippen molar-refractivity contribution in [2.75, 3.05) is 13.2 Å². The maximum atomic E-state index is 10.7. The van der Waals surface area contributed by atoms with E-state index in [0.717, 1.165) is 11.1 Å². The Hall–Kier alpha value is -1.35. The molecule has 1 rings (SSSR count). The number of aliphatic hydroxyl groups excluding tert-OH is 1. The average molecular weight is 236 g/mol. The summed E-state index contributed by atoms with van der Waals surface area (Å²) >= 11 is 0. The summed E-state index contributed by atoms with van der Waals surface area (Å²) < 4.78 is 4.98. The van der Waals surface area contributed by atoms with Gasteiger partial charge in [-0.3, -0.25) is 4.79 Å². The van der Waals surface area contributed by atoms with E-state index in [-0.39, 0.29) is 24.4 Å². The van der Waals surface area contributed by atoms with Gasteiger partial charge in [0.25, 0.3) is 0 Å². The summed E-state index contributed by atoms with van der Waals surface area (Å²) in [5.74, 6) is 0.104. The molecule has 0 aliphatic carbocycles. The topological polar surface area (TPSA) is 46.5 Å². The average Bonchev–Trinajstić information content (AvgIpc) is 2.35. The summed E-state index contributed by atoms with van der Waals surface area (Å²) in [4.78, 5) is 10.7. The Morgan fingerprint density at radius 1 is 1.18 bits per heavy atom. The van der Waals surface area contributed by atoms with E-state index >= 15 is 0 Å². The second kappa shape index (κ2) is 6.40. The van der Waals surface area contributed by atoms with Crippen LogP contribution in [0.15, 0.2) is 24.3 Å². The first-order valence-corrected chi connectivity index (χ1v) is 5.88. The molecule has 1 aromatic carbocycles. The van der Waals surface area contributed by atoms with Crippen LogP contribution in [-0.4, -0.2) is 24.3 Å². The fourth-order valence-electron chi connectivity index (χ4n) is 1.60. The molecule has 17 heavy (non-hydrogen) atoms. The van der Waals surface area contributed by atoms with Crippen LogP contribution in [0.3, 0.4) is 0 Å². The third-order valence-electron chi connectivity index (χ3n) is 2.88. The maximum Gasteiger partial charge on any atom is 0.302 e. The largest absolute Gasteiger partial charge is 0.465 e. The van der Waals surface area contributed by atoms with Crippen LogP contribution in [0.25, 0.3) is 0 Å². The monoisotopic (exact) mass is 236 g/mol. The highest BCUT2D eigenvalue weighted by atomic mass is 16.5. The Labute approximate surface area is 102 Å². The van der Waals surface area contributed by atoms with E-state index in [1.54, 1.807) is 0 Å². The molecule has 0 amide bonds. The van der Waals surface area contributed by atoms with Crippen molar-refractivity contribution in [3.05, 3.63) is 35.4 Å². The SMILES string of the molecule is CC(=O)OC[C@H](C)c1ccc([C@H](C)CO)cc1. The first kappa shape index (κ1) is 13.7. The van der Waals surface area contributed by atoms with Crippen molar-refractivity contribution in [1.82, 2.24) is 0 Å². The number of ether oxygens (including phenoxy) is 1. The van der Waals surface area contributed by atoms with Crippen molar-refractivity contribution < 1.29 is 14.6 Å². The zero-order valence-corrected chi connectivity index (χ0v) is 10.6. The van der Waals surface area contributed by atoms with Gasteiger partial charge in [-0.05, 0) is 11.1 Å². The van der Waals surface area contributed by atoms with Crippen LogP contribution in [-0.2, 0) is 9.53 Å². The second-order valence-electron chi connectivity index (χ2n) is 4.45. The van der Waals surface area contributed by atoms with Crippen molar-refractivity contribution in [2.24, 2.45) is 0 Å². The van der Waals surface area contributed by atoms with Gasteiger partial charge < -0.3 is 9.84 Å². The summed E-state index contributed by atoms with van der Waals surface area (Å²) in [6.45, 7) is 5.98. The second-order valence-corrected chi connectivity index (χ2v) is 4.45. The van der Waals surface area contributed by atoms with Gasteiger partial charge in [0.1, 0.15) is 0 Å². The number of hydrogen-bond acceptors (Lipinski definition) is 3. The molecule has 94 valence electrons. The lowest BCUT2D eigenvalue weighted by molar-refractivity contribution is -0.141. The maximum absolute atomic E-state index is 10.7. The predicted molar refractivity (Wildman–Crippen MR) is 67.0 cm³/mol. The highest BCUT2D eigenvalue weighted by Gasteiger charge is 2.09. The molecule has 3 heteroatoms. The van der Waals surface area contributed by atoms with Gasteiger partial charge in [0.2, 0.25) is 0 Å². The zero-order chi connectivity index (χ0) is 12.8. The number of carbonyl (C=O) groups excluding carboxylic acids is 1. The molecule has 0 fully saturated rings. The Morgan fingerprint density at radius 3 is 2.06 bits per heavy atom. The van der Waals surface area contributed by atoms with Crippen LogP contribution in [0.5, 0.6) is 0 Å². The summed E-state index contributed by atoms with van der Waals surface area (Å²) in [5.41, 5.74) is 2.26. The van der Waals surface area contributed by atoms with Gasteiger partial charge >= 0.3 is 5.97 Å². The number of carbonyl (C=O) groups is 1. The molecule has 0 aliphatic rings. The quantitative estimate of drug-likeness (QED) is 0.799. The van der Waals surface area contributed by atoms with Crippen LogP contribution in [0.1, 0.15) is 43.7 Å². The van der Waals surface area contributed by atoms with Gasteiger partial charge in [0, 0.05) is 25.4 Å². The minimum absolute atomic E-state index is 0.155. The Balaban J connectivity index is 2.63. The number of aliphatic hydroxyl groups is 1. The lowest BCUT2D eigenvalue weighted by Gasteiger charge is -2.14. The zero-order valence-electron chi connectivity index (χ0n) is 10.6. The fraction of sp³-hybridized carbons (Fsp3) is 0.500. The van der Waals surface area contributed by atoms with Crippen LogP contribution >= 0.6 is 0 Å². The molecular weight excluding hydrogens is 216 g/mol. The smallest absolute Gasteiger partial charge is 0.302 e. The van der Waals surface area contributed by atoms with Crippen LogP contribution in [0.4, 0.5) is 0 Å². The summed E-state index contributed by atoms with van der Waals surface area (Å²) in [5, 5.41) is 9.05. The van der Waals surface area contributed by atoms with Gasteiger partial charge in [-0.2, -0.15) is 0 Å². The van der Waals surface area contributed by atoms with Gasteiger partial charge in [0.15, 0.2) is 0 Å².